The zero-order chi connectivity index (χ0) is 17.0. The van der Waals surface area contributed by atoms with Crippen LogP contribution in [-0.4, -0.2) is 30.3 Å². The molecule has 2 heterocycles. The number of methoxy groups -OCH3 is 1. The molecule has 0 saturated carbocycles. The van der Waals surface area contributed by atoms with Crippen molar-refractivity contribution in [2.45, 2.75) is 18.1 Å². The lowest BCUT2D eigenvalue weighted by atomic mass is 9.81. The first-order chi connectivity index (χ1) is 11.5. The summed E-state index contributed by atoms with van der Waals surface area (Å²) in [7, 11) is 1.58. The maximum Gasteiger partial charge on any atom is 0.330 e. The van der Waals surface area contributed by atoms with E-state index in [0.29, 0.717) is 27.2 Å². The number of nitrogens with one attached hydrogen (secondary N) is 1. The summed E-state index contributed by atoms with van der Waals surface area (Å²) in [5, 5.41) is 13.5. The number of carboxylic acid groups (broad SMARTS) is 1. The van der Waals surface area contributed by atoms with Gasteiger partial charge in [0.15, 0.2) is 6.04 Å². The summed E-state index contributed by atoms with van der Waals surface area (Å²) in [6.07, 6.45) is -0.601. The van der Waals surface area contributed by atoms with Gasteiger partial charge in [-0.25, -0.2) is 4.79 Å². The lowest BCUT2D eigenvalue weighted by Gasteiger charge is -2.34. The van der Waals surface area contributed by atoms with E-state index in [9.17, 15) is 9.90 Å². The van der Waals surface area contributed by atoms with Crippen LogP contribution in [0.5, 0.6) is 11.5 Å². The van der Waals surface area contributed by atoms with E-state index < -0.39 is 18.1 Å². The molecule has 0 aromatic heterocycles. The van der Waals surface area contributed by atoms with Crippen LogP contribution in [0.25, 0.3) is 0 Å². The minimum Gasteiger partial charge on any atom is -0.497 e. The second kappa shape index (κ2) is 5.46. The number of carboxylic acids is 1. The highest BCUT2D eigenvalue weighted by Gasteiger charge is 2.48. The highest BCUT2D eigenvalue weighted by atomic mass is 35.5. The third kappa shape index (κ3) is 2.19. The van der Waals surface area contributed by atoms with Gasteiger partial charge in [-0.05, 0) is 30.3 Å². The fourth-order valence-electron chi connectivity index (χ4n) is 3.45. The molecule has 124 valence electrons. The number of hydrogen-bond donors (Lipinski definition) is 2. The van der Waals surface area contributed by atoms with Crippen molar-refractivity contribution in [3.05, 3.63) is 51.5 Å². The molecule has 4 rings (SSSR count). The van der Waals surface area contributed by atoms with E-state index in [0.717, 1.165) is 11.1 Å². The predicted molar refractivity (Wildman–Crippen MR) is 90.8 cm³/mol. The molecule has 0 radical (unpaired) electrons. The third-order valence-electron chi connectivity index (χ3n) is 4.45. The number of anilines is 1. The molecule has 0 bridgehead atoms. The molecule has 7 heteroatoms. The van der Waals surface area contributed by atoms with Crippen LogP contribution in [0.4, 0.5) is 5.69 Å². The first kappa shape index (κ1) is 15.4. The van der Waals surface area contributed by atoms with Gasteiger partial charge in [0.2, 0.25) is 0 Å². The Balaban J connectivity index is 1.94. The summed E-state index contributed by atoms with van der Waals surface area (Å²) in [5.74, 6) is 0.0106. The Morgan fingerprint density at radius 2 is 2.08 bits per heavy atom. The van der Waals surface area contributed by atoms with E-state index in [1.54, 1.807) is 31.4 Å². The van der Waals surface area contributed by atoms with Crippen LogP contribution in [-0.2, 0) is 4.79 Å². The molecule has 2 aliphatic rings. The molecule has 0 spiro atoms. The van der Waals surface area contributed by atoms with Crippen LogP contribution in [0.2, 0.25) is 10.0 Å². The average Bonchev–Trinajstić information content (AvgIpc) is 2.91. The zero-order valence-corrected chi connectivity index (χ0v) is 14.1. The molecule has 3 unspecified atom stereocenters. The fraction of sp³-hybridized carbons (Fsp3) is 0.235. The van der Waals surface area contributed by atoms with Gasteiger partial charge in [0, 0.05) is 26.9 Å². The number of fused-ring (bicyclic) bond motifs is 5. The molecule has 2 aromatic carbocycles. The highest BCUT2D eigenvalue weighted by Crippen LogP contribution is 2.52. The van der Waals surface area contributed by atoms with E-state index in [2.05, 4.69) is 5.32 Å². The van der Waals surface area contributed by atoms with Gasteiger partial charge in [0.25, 0.3) is 0 Å². The largest absolute Gasteiger partial charge is 0.497 e. The van der Waals surface area contributed by atoms with Crippen molar-refractivity contribution in [1.82, 2.24) is 0 Å². The van der Waals surface area contributed by atoms with Crippen molar-refractivity contribution in [3.63, 3.8) is 0 Å². The van der Waals surface area contributed by atoms with Gasteiger partial charge in [-0.3, -0.25) is 0 Å². The van der Waals surface area contributed by atoms with Gasteiger partial charge in [0.1, 0.15) is 17.6 Å². The topological polar surface area (TPSA) is 67.8 Å². The van der Waals surface area contributed by atoms with Gasteiger partial charge in [-0.2, -0.15) is 0 Å². The Kier molecular flexibility index (Phi) is 3.51. The smallest absolute Gasteiger partial charge is 0.330 e. The van der Waals surface area contributed by atoms with Gasteiger partial charge >= 0.3 is 5.97 Å². The summed E-state index contributed by atoms with van der Waals surface area (Å²) >= 11 is 12.5. The molecule has 2 aliphatic heterocycles. The zero-order valence-electron chi connectivity index (χ0n) is 12.5. The first-order valence-corrected chi connectivity index (χ1v) is 8.08. The van der Waals surface area contributed by atoms with E-state index in [4.69, 9.17) is 32.7 Å². The van der Waals surface area contributed by atoms with Crippen LogP contribution >= 0.6 is 23.2 Å². The van der Waals surface area contributed by atoms with Gasteiger partial charge in [-0.1, -0.05) is 23.2 Å². The van der Waals surface area contributed by atoms with Gasteiger partial charge in [-0.15, -0.1) is 0 Å². The standard InChI is InChI=1S/C17H13Cl2NO4/c1-23-8-2-3-12-9(6-8)13-14-10(19)4-7(18)5-11(14)20-15(17(21)22)16(13)24-12/h2-6,13,15-16,20H,1H3,(H,21,22). The summed E-state index contributed by atoms with van der Waals surface area (Å²) in [6, 6.07) is 7.86. The number of hydrogen-bond acceptors (Lipinski definition) is 4. The van der Waals surface area contributed by atoms with Crippen LogP contribution in [0.15, 0.2) is 30.3 Å². The Bertz CT molecular complexity index is 855. The van der Waals surface area contributed by atoms with E-state index in [-0.39, 0.29) is 5.92 Å². The SMILES string of the molecule is COc1ccc2c(c1)C1c3c(Cl)cc(Cl)cc3NC(C(=O)O)C1O2. The quantitative estimate of drug-likeness (QED) is 0.847. The average molecular weight is 366 g/mol. The Morgan fingerprint density at radius 1 is 1.29 bits per heavy atom. The minimum absolute atomic E-state index is 0.308. The molecular formula is C17H13Cl2NO4. The second-order valence-electron chi connectivity index (χ2n) is 5.77. The molecule has 5 nitrogen and oxygen atoms in total. The third-order valence-corrected chi connectivity index (χ3v) is 4.99. The van der Waals surface area contributed by atoms with Crippen molar-refractivity contribution in [1.29, 1.82) is 0 Å². The molecule has 24 heavy (non-hydrogen) atoms. The maximum absolute atomic E-state index is 11.7. The lowest BCUT2D eigenvalue weighted by Crippen LogP contribution is -2.48. The molecular weight excluding hydrogens is 353 g/mol. The lowest BCUT2D eigenvalue weighted by molar-refractivity contribution is -0.140. The van der Waals surface area contributed by atoms with Crippen LogP contribution < -0.4 is 14.8 Å². The summed E-state index contributed by atoms with van der Waals surface area (Å²) in [6.45, 7) is 0. The maximum atomic E-state index is 11.7. The van der Waals surface area contributed by atoms with Crippen molar-refractivity contribution in [3.8, 4) is 11.5 Å². The number of halogens is 2. The van der Waals surface area contributed by atoms with Crippen LogP contribution in [0, 0.1) is 0 Å². The number of ether oxygens (including phenoxy) is 2. The fourth-order valence-corrected chi connectivity index (χ4v) is 4.06. The van der Waals surface area contributed by atoms with E-state index >= 15 is 0 Å². The first-order valence-electron chi connectivity index (χ1n) is 7.32. The Hall–Kier alpha value is -2.11. The van der Waals surface area contributed by atoms with Crippen molar-refractivity contribution < 1.29 is 19.4 Å². The van der Waals surface area contributed by atoms with Crippen LogP contribution in [0.3, 0.4) is 0 Å². The molecule has 2 N–H and O–H groups in total. The van der Waals surface area contributed by atoms with Crippen molar-refractivity contribution >= 4 is 34.9 Å². The number of carbonyl (C=O) groups is 1. The molecule has 0 aliphatic carbocycles. The summed E-state index contributed by atoms with van der Waals surface area (Å²) in [5.41, 5.74) is 2.26. The predicted octanol–water partition coefficient (Wildman–Crippen LogP) is 3.77. The van der Waals surface area contributed by atoms with E-state index in [1.165, 1.54) is 0 Å². The summed E-state index contributed by atoms with van der Waals surface area (Å²) < 4.78 is 11.2. The molecule has 2 aromatic rings. The van der Waals surface area contributed by atoms with Crippen molar-refractivity contribution in [2.75, 3.05) is 12.4 Å². The highest BCUT2D eigenvalue weighted by molar-refractivity contribution is 6.35. The molecule has 0 saturated heterocycles. The molecule has 0 fully saturated rings. The second-order valence-corrected chi connectivity index (χ2v) is 6.62. The van der Waals surface area contributed by atoms with Crippen LogP contribution in [0.1, 0.15) is 17.0 Å². The monoisotopic (exact) mass is 365 g/mol. The van der Waals surface area contributed by atoms with Gasteiger partial charge < -0.3 is 19.9 Å². The van der Waals surface area contributed by atoms with E-state index in [1.807, 2.05) is 6.07 Å². The number of aliphatic carboxylic acids is 1. The van der Waals surface area contributed by atoms with Gasteiger partial charge in [0.05, 0.1) is 13.0 Å². The molecule has 0 amide bonds. The van der Waals surface area contributed by atoms with Crippen molar-refractivity contribution in [2.24, 2.45) is 0 Å². The normalized spacial score (nSPS) is 23.4. The Labute approximate surface area is 148 Å². The Morgan fingerprint density at radius 3 is 2.79 bits per heavy atom. The molecule has 3 atom stereocenters. The minimum atomic E-state index is -0.994. The number of benzene rings is 2. The summed E-state index contributed by atoms with van der Waals surface area (Å²) in [4.78, 5) is 11.7. The number of rotatable bonds is 2.